The van der Waals surface area contributed by atoms with Crippen molar-refractivity contribution in [1.82, 2.24) is 18.8 Å². The predicted molar refractivity (Wildman–Crippen MR) is 83.5 cm³/mol. The largest absolute Gasteiger partial charge is 0.394 e. The fourth-order valence-corrected chi connectivity index (χ4v) is 2.79. The van der Waals surface area contributed by atoms with E-state index in [2.05, 4.69) is 10.9 Å². The van der Waals surface area contributed by atoms with Gasteiger partial charge in [0.2, 0.25) is 5.95 Å². The lowest BCUT2D eigenvalue weighted by atomic mass is 10.1. The molecule has 0 bridgehead atoms. The number of imidazole rings is 1. The lowest BCUT2D eigenvalue weighted by Crippen LogP contribution is -2.34. The molecule has 1 aliphatic rings. The molecule has 12 heteroatoms. The van der Waals surface area contributed by atoms with E-state index in [0.29, 0.717) is 4.68 Å². The number of nitrogens with two attached hydrogens (primary N) is 2. The molecule has 0 unspecified atom stereocenters. The normalized spacial score (nSPS) is 26.2. The Morgan fingerprint density at radius 3 is 2.68 bits per heavy atom. The minimum Gasteiger partial charge on any atom is -0.394 e. The monoisotopic (exact) mass is 354 g/mol. The molecule has 3 heterocycles. The number of nitrogens with zero attached hydrogens (tertiary/aromatic N) is 4. The summed E-state index contributed by atoms with van der Waals surface area (Å²) in [6, 6.07) is 0. The molecule has 2 aromatic heterocycles. The van der Waals surface area contributed by atoms with Crippen molar-refractivity contribution in [2.45, 2.75) is 31.2 Å². The molecular formula is C13H15FN6O5. The Kier molecular flexibility index (Phi) is 3.99. The van der Waals surface area contributed by atoms with Crippen LogP contribution >= 0.6 is 0 Å². The van der Waals surface area contributed by atoms with Gasteiger partial charge in [-0.15, -0.1) is 6.42 Å². The summed E-state index contributed by atoms with van der Waals surface area (Å²) in [6.45, 7) is -1.01. The number of hydrogen-bond acceptors (Lipinski definition) is 8. The van der Waals surface area contributed by atoms with Crippen LogP contribution in [0.25, 0.3) is 11.2 Å². The molecule has 0 spiro atoms. The molecule has 3 rings (SSSR count). The predicted octanol–water partition coefficient (Wildman–Crippen LogP) is -3.12. The van der Waals surface area contributed by atoms with E-state index in [4.69, 9.17) is 27.8 Å². The molecule has 2 aromatic rings. The second kappa shape index (κ2) is 5.88. The lowest BCUT2D eigenvalue weighted by Gasteiger charge is -2.15. The number of anilines is 1. The van der Waals surface area contributed by atoms with Crippen molar-refractivity contribution in [3.8, 4) is 12.3 Å². The van der Waals surface area contributed by atoms with E-state index in [0.717, 1.165) is 9.13 Å². The van der Waals surface area contributed by atoms with E-state index in [1.54, 1.807) is 0 Å². The number of halogens is 1. The highest BCUT2D eigenvalue weighted by Crippen LogP contribution is 2.32. The van der Waals surface area contributed by atoms with Crippen molar-refractivity contribution < 1.29 is 19.3 Å². The molecule has 134 valence electrons. The molecule has 4 atom stereocenters. The molecule has 0 amide bonds. The summed E-state index contributed by atoms with van der Waals surface area (Å²) in [5, 5.41) is 19.2. The second-order valence-electron chi connectivity index (χ2n) is 5.44. The molecule has 1 aliphatic heterocycles. The fourth-order valence-electron chi connectivity index (χ4n) is 2.79. The molecule has 25 heavy (non-hydrogen) atoms. The number of rotatable bonds is 3. The van der Waals surface area contributed by atoms with Crippen LogP contribution in [0.1, 0.15) is 6.23 Å². The third-order valence-corrected chi connectivity index (χ3v) is 4.01. The molecule has 0 radical (unpaired) electrons. The molecule has 0 aliphatic carbocycles. The maximum absolute atomic E-state index is 14.0. The average molecular weight is 354 g/mol. The topological polar surface area (TPSA) is 164 Å². The highest BCUT2D eigenvalue weighted by atomic mass is 19.1. The van der Waals surface area contributed by atoms with Gasteiger partial charge in [-0.3, -0.25) is 9.36 Å². The van der Waals surface area contributed by atoms with Crippen LogP contribution in [0.2, 0.25) is 0 Å². The first-order valence-electron chi connectivity index (χ1n) is 7.13. The number of hydrogen-bond donors (Lipinski definition) is 4. The molecule has 11 nitrogen and oxygen atoms in total. The van der Waals surface area contributed by atoms with Gasteiger partial charge in [0, 0.05) is 0 Å². The minimum absolute atomic E-state index is 0.265. The van der Waals surface area contributed by atoms with Crippen molar-refractivity contribution in [3.63, 3.8) is 0 Å². The second-order valence-corrected chi connectivity index (χ2v) is 5.44. The Balaban J connectivity index is 2.34. The molecule has 1 fully saturated rings. The summed E-state index contributed by atoms with van der Waals surface area (Å²) in [5.74, 6) is 7.28. The molecule has 1 saturated heterocycles. The first-order chi connectivity index (χ1) is 11.8. The zero-order valence-electron chi connectivity index (χ0n) is 12.7. The number of ether oxygens (including phenoxy) is 1. The summed E-state index contributed by atoms with van der Waals surface area (Å²) in [5.41, 5.74) is 3.30. The van der Waals surface area contributed by atoms with Crippen molar-refractivity contribution in [3.05, 3.63) is 20.8 Å². The van der Waals surface area contributed by atoms with Gasteiger partial charge in [0.25, 0.3) is 5.56 Å². The van der Waals surface area contributed by atoms with Gasteiger partial charge in [-0.25, -0.2) is 13.8 Å². The smallest absolute Gasteiger partial charge is 0.333 e. The Morgan fingerprint density at radius 2 is 2.12 bits per heavy atom. The number of nitrogen functional groups attached to an aromatic ring is 2. The molecule has 0 saturated carbocycles. The van der Waals surface area contributed by atoms with Gasteiger partial charge in [-0.1, -0.05) is 5.92 Å². The highest BCUT2D eigenvalue weighted by molar-refractivity contribution is 5.72. The van der Waals surface area contributed by atoms with Crippen LogP contribution in [0, 0.1) is 12.3 Å². The molecule has 0 aromatic carbocycles. The van der Waals surface area contributed by atoms with E-state index in [1.165, 1.54) is 0 Å². The maximum Gasteiger partial charge on any atom is 0.333 e. The van der Waals surface area contributed by atoms with Crippen LogP contribution < -0.4 is 22.8 Å². The Hall–Kier alpha value is -2.88. The van der Waals surface area contributed by atoms with Crippen LogP contribution in [0.15, 0.2) is 9.59 Å². The standard InChI is InChI=1S/C13H15FN6O5/c1-2-3-18-7-9(17-12(15)20(16)10(7)23)19(13(18)24)11-8(22)6(14)5(4-21)25-11/h1,5-6,8,11,21-22H,3-4,16H2,(H2,15,17)/t5-,6-,8-,11-/m1/s1. The van der Waals surface area contributed by atoms with E-state index >= 15 is 0 Å². The zero-order chi connectivity index (χ0) is 18.5. The summed E-state index contributed by atoms with van der Waals surface area (Å²) in [7, 11) is 0. The van der Waals surface area contributed by atoms with Gasteiger partial charge < -0.3 is 26.5 Å². The van der Waals surface area contributed by atoms with Crippen molar-refractivity contribution in [2.75, 3.05) is 18.2 Å². The van der Waals surface area contributed by atoms with Crippen molar-refractivity contribution in [2.24, 2.45) is 0 Å². The summed E-state index contributed by atoms with van der Waals surface area (Å²) in [4.78, 5) is 28.9. The minimum atomic E-state index is -1.94. The highest BCUT2D eigenvalue weighted by Gasteiger charge is 2.46. The van der Waals surface area contributed by atoms with E-state index in [9.17, 15) is 19.1 Å². The SMILES string of the molecule is C#CCn1c(=O)n([C@@H]2O[C@H](CO)[C@@H](F)[C@H]2O)c2nc(N)n(N)c(=O)c21. The number of aliphatic hydroxyl groups is 2. The average Bonchev–Trinajstić information content (AvgIpc) is 3.01. The Labute approximate surface area is 138 Å². The van der Waals surface area contributed by atoms with Gasteiger partial charge >= 0.3 is 5.69 Å². The fraction of sp³-hybridized carbons (Fsp3) is 0.462. The lowest BCUT2D eigenvalue weighted by molar-refractivity contribution is -0.0513. The maximum atomic E-state index is 14.0. The number of terminal acetylenes is 1. The number of aliphatic hydroxyl groups excluding tert-OH is 2. The van der Waals surface area contributed by atoms with Crippen LogP contribution in [-0.2, 0) is 11.3 Å². The van der Waals surface area contributed by atoms with Gasteiger partial charge in [0.15, 0.2) is 23.6 Å². The van der Waals surface area contributed by atoms with Crippen LogP contribution in [0.4, 0.5) is 10.3 Å². The quantitative estimate of drug-likeness (QED) is 0.332. The third-order valence-electron chi connectivity index (χ3n) is 4.01. The Morgan fingerprint density at radius 1 is 1.44 bits per heavy atom. The van der Waals surface area contributed by atoms with Gasteiger partial charge in [0.1, 0.15) is 12.2 Å². The van der Waals surface area contributed by atoms with Crippen LogP contribution in [0.5, 0.6) is 0 Å². The number of fused-ring (bicyclic) bond motifs is 1. The van der Waals surface area contributed by atoms with Gasteiger partial charge in [0.05, 0.1) is 13.2 Å². The van der Waals surface area contributed by atoms with Gasteiger partial charge in [-0.2, -0.15) is 9.66 Å². The van der Waals surface area contributed by atoms with Crippen LogP contribution in [-0.4, -0.2) is 54.0 Å². The van der Waals surface area contributed by atoms with Crippen molar-refractivity contribution in [1.29, 1.82) is 0 Å². The number of alkyl halides is 1. The molecular weight excluding hydrogens is 339 g/mol. The van der Waals surface area contributed by atoms with E-state index < -0.39 is 48.4 Å². The van der Waals surface area contributed by atoms with Crippen LogP contribution in [0.3, 0.4) is 0 Å². The summed E-state index contributed by atoms with van der Waals surface area (Å²) < 4.78 is 21.4. The first kappa shape index (κ1) is 17.0. The molecule has 6 N–H and O–H groups in total. The van der Waals surface area contributed by atoms with E-state index in [1.807, 2.05) is 0 Å². The zero-order valence-corrected chi connectivity index (χ0v) is 12.7. The first-order valence-corrected chi connectivity index (χ1v) is 7.13. The number of aromatic nitrogens is 4. The Bertz CT molecular complexity index is 988. The van der Waals surface area contributed by atoms with Gasteiger partial charge in [-0.05, 0) is 0 Å². The van der Waals surface area contributed by atoms with E-state index in [-0.39, 0.29) is 17.7 Å². The summed E-state index contributed by atoms with van der Waals surface area (Å²) >= 11 is 0. The summed E-state index contributed by atoms with van der Waals surface area (Å²) in [6.07, 6.45) is -1.37. The van der Waals surface area contributed by atoms with Crippen molar-refractivity contribution >= 4 is 17.1 Å². The third kappa shape index (κ3) is 2.29.